The van der Waals surface area contributed by atoms with Gasteiger partial charge in [-0.25, -0.2) is 14.8 Å². The third kappa shape index (κ3) is 2.48. The van der Waals surface area contributed by atoms with E-state index in [4.69, 9.17) is 10.8 Å². The van der Waals surface area contributed by atoms with E-state index in [0.29, 0.717) is 16.8 Å². The zero-order valence-electron chi connectivity index (χ0n) is 8.84. The Kier molecular flexibility index (Phi) is 2.88. The first-order chi connectivity index (χ1) is 8.06. The molecular weight excluding hydrogens is 242 g/mol. The van der Waals surface area contributed by atoms with E-state index in [1.54, 1.807) is 6.92 Å². The Morgan fingerprint density at radius 2 is 2.35 bits per heavy atom. The van der Waals surface area contributed by atoms with Gasteiger partial charge < -0.3 is 16.2 Å². The molecule has 2 heterocycles. The molecule has 0 amide bonds. The molecule has 0 unspecified atom stereocenters. The summed E-state index contributed by atoms with van der Waals surface area (Å²) < 4.78 is 3.99. The molecule has 0 fully saturated rings. The van der Waals surface area contributed by atoms with Crippen molar-refractivity contribution in [2.45, 2.75) is 6.92 Å². The highest BCUT2D eigenvalue weighted by atomic mass is 32.1. The number of nitrogen functional groups attached to an aromatic ring is 1. The number of pyridine rings is 1. The van der Waals surface area contributed by atoms with Crippen LogP contribution in [0.15, 0.2) is 12.3 Å². The predicted octanol–water partition coefficient (Wildman–Crippen LogP) is 1.27. The Morgan fingerprint density at radius 1 is 1.59 bits per heavy atom. The van der Waals surface area contributed by atoms with E-state index < -0.39 is 5.97 Å². The summed E-state index contributed by atoms with van der Waals surface area (Å²) in [6, 6.07) is 1.34. The number of aromatic carboxylic acids is 1. The van der Waals surface area contributed by atoms with Crippen molar-refractivity contribution in [1.82, 2.24) is 14.3 Å². The van der Waals surface area contributed by atoms with E-state index >= 15 is 0 Å². The van der Waals surface area contributed by atoms with Crippen molar-refractivity contribution in [2.24, 2.45) is 0 Å². The summed E-state index contributed by atoms with van der Waals surface area (Å²) in [6.45, 7) is 1.77. The third-order valence-electron chi connectivity index (χ3n) is 1.92. The minimum absolute atomic E-state index is 0.0431. The molecular formula is C9H9N5O2S. The second-order valence-electron chi connectivity index (χ2n) is 3.24. The molecule has 0 aliphatic rings. The Hall–Kier alpha value is -2.22. The van der Waals surface area contributed by atoms with Gasteiger partial charge in [-0.05, 0) is 13.0 Å². The molecule has 0 bridgehead atoms. The van der Waals surface area contributed by atoms with E-state index in [-0.39, 0.29) is 11.3 Å². The lowest BCUT2D eigenvalue weighted by molar-refractivity contribution is 0.0696. The molecule has 0 atom stereocenters. The van der Waals surface area contributed by atoms with Crippen LogP contribution in [0.25, 0.3) is 0 Å². The Bertz CT molecular complexity index is 568. The van der Waals surface area contributed by atoms with Crippen molar-refractivity contribution >= 4 is 34.1 Å². The van der Waals surface area contributed by atoms with Crippen molar-refractivity contribution in [3.05, 3.63) is 23.7 Å². The van der Waals surface area contributed by atoms with Crippen LogP contribution in [-0.2, 0) is 0 Å². The number of carbonyl (C=O) groups is 1. The predicted molar refractivity (Wildman–Crippen MR) is 63.5 cm³/mol. The van der Waals surface area contributed by atoms with E-state index in [1.165, 1.54) is 23.8 Å². The second kappa shape index (κ2) is 4.34. The quantitative estimate of drug-likeness (QED) is 0.752. The van der Waals surface area contributed by atoms with Gasteiger partial charge in [-0.3, -0.25) is 0 Å². The molecule has 0 saturated heterocycles. The first-order valence-electron chi connectivity index (χ1n) is 4.62. The topological polar surface area (TPSA) is 114 Å². The number of rotatable bonds is 3. The Balaban J connectivity index is 2.25. The molecule has 88 valence electrons. The molecule has 2 aromatic rings. The lowest BCUT2D eigenvalue weighted by atomic mass is 10.2. The molecule has 7 nitrogen and oxygen atoms in total. The maximum absolute atomic E-state index is 10.7. The second-order valence-corrected chi connectivity index (χ2v) is 3.99. The van der Waals surface area contributed by atoms with E-state index in [0.717, 1.165) is 0 Å². The number of aryl methyl sites for hydroxylation is 1. The van der Waals surface area contributed by atoms with Gasteiger partial charge in [0, 0.05) is 17.7 Å². The van der Waals surface area contributed by atoms with Crippen LogP contribution in [0.2, 0.25) is 0 Å². The number of hydrogen-bond donors (Lipinski definition) is 3. The highest BCUT2D eigenvalue weighted by molar-refractivity contribution is 7.09. The smallest absolute Gasteiger partial charge is 0.337 e. The minimum Gasteiger partial charge on any atom is -0.478 e. The molecule has 8 heteroatoms. The standard InChI is InChI=1S/C9H9N5O2S/c1-4-12-9(17-14-4)13-7-6(10)2-5(3-11-7)8(15)16/h2-3H,10H2,1H3,(H,15,16)(H,11,12,13,14). The average Bonchev–Trinajstić information content (AvgIpc) is 2.67. The van der Waals surface area contributed by atoms with Gasteiger partial charge in [0.05, 0.1) is 11.3 Å². The van der Waals surface area contributed by atoms with Gasteiger partial charge in [-0.15, -0.1) is 0 Å². The van der Waals surface area contributed by atoms with E-state index in [2.05, 4.69) is 19.7 Å². The number of nitrogens with one attached hydrogen (secondary N) is 1. The molecule has 0 aromatic carbocycles. The van der Waals surface area contributed by atoms with Gasteiger partial charge in [-0.1, -0.05) is 0 Å². The van der Waals surface area contributed by atoms with Gasteiger partial charge in [0.2, 0.25) is 5.13 Å². The fourth-order valence-corrected chi connectivity index (χ4v) is 1.73. The highest BCUT2D eigenvalue weighted by Gasteiger charge is 2.09. The van der Waals surface area contributed by atoms with Crippen LogP contribution in [-0.4, -0.2) is 25.4 Å². The number of anilines is 3. The van der Waals surface area contributed by atoms with Crippen molar-refractivity contribution < 1.29 is 9.90 Å². The molecule has 2 rings (SSSR count). The summed E-state index contributed by atoms with van der Waals surface area (Å²) in [6.07, 6.45) is 1.23. The summed E-state index contributed by atoms with van der Waals surface area (Å²) in [5, 5.41) is 12.2. The van der Waals surface area contributed by atoms with Gasteiger partial charge in [0.15, 0.2) is 5.82 Å². The van der Waals surface area contributed by atoms with Crippen LogP contribution < -0.4 is 11.1 Å². The summed E-state index contributed by atoms with van der Waals surface area (Å²) in [5.74, 6) is -0.0492. The van der Waals surface area contributed by atoms with Crippen molar-refractivity contribution in [1.29, 1.82) is 0 Å². The van der Waals surface area contributed by atoms with Crippen LogP contribution in [0.1, 0.15) is 16.2 Å². The monoisotopic (exact) mass is 251 g/mol. The Labute approximate surface area is 101 Å². The maximum Gasteiger partial charge on any atom is 0.337 e. The fraction of sp³-hybridized carbons (Fsp3) is 0.111. The van der Waals surface area contributed by atoms with Crippen molar-refractivity contribution in [3.8, 4) is 0 Å². The lowest BCUT2D eigenvalue weighted by Crippen LogP contribution is -2.03. The first kappa shape index (κ1) is 11.3. The van der Waals surface area contributed by atoms with Gasteiger partial charge in [-0.2, -0.15) is 4.37 Å². The molecule has 4 N–H and O–H groups in total. The van der Waals surface area contributed by atoms with Crippen LogP contribution in [0, 0.1) is 6.92 Å². The summed E-state index contributed by atoms with van der Waals surface area (Å²) in [5.41, 5.74) is 5.97. The van der Waals surface area contributed by atoms with Crippen LogP contribution in [0.4, 0.5) is 16.6 Å². The number of carboxylic acids is 1. The largest absolute Gasteiger partial charge is 0.478 e. The molecule has 0 aliphatic carbocycles. The van der Waals surface area contributed by atoms with Crippen molar-refractivity contribution in [3.63, 3.8) is 0 Å². The summed E-state index contributed by atoms with van der Waals surface area (Å²) in [4.78, 5) is 18.7. The first-order valence-corrected chi connectivity index (χ1v) is 5.40. The Morgan fingerprint density at radius 3 is 2.88 bits per heavy atom. The number of hydrogen-bond acceptors (Lipinski definition) is 7. The van der Waals surface area contributed by atoms with E-state index in [9.17, 15) is 4.79 Å². The molecule has 2 aromatic heterocycles. The normalized spacial score (nSPS) is 10.2. The lowest BCUT2D eigenvalue weighted by Gasteiger charge is -2.05. The van der Waals surface area contributed by atoms with Gasteiger partial charge in [0.1, 0.15) is 5.82 Å². The zero-order chi connectivity index (χ0) is 12.4. The van der Waals surface area contributed by atoms with Crippen molar-refractivity contribution in [2.75, 3.05) is 11.1 Å². The highest BCUT2D eigenvalue weighted by Crippen LogP contribution is 2.22. The summed E-state index contributed by atoms with van der Waals surface area (Å²) in [7, 11) is 0. The average molecular weight is 251 g/mol. The van der Waals surface area contributed by atoms with Crippen LogP contribution in [0.3, 0.4) is 0 Å². The molecule has 0 radical (unpaired) electrons. The fourth-order valence-electron chi connectivity index (χ4n) is 1.15. The van der Waals surface area contributed by atoms with Gasteiger partial charge in [0.25, 0.3) is 0 Å². The molecule has 0 spiro atoms. The molecule has 0 aliphatic heterocycles. The zero-order valence-corrected chi connectivity index (χ0v) is 9.65. The summed E-state index contributed by atoms with van der Waals surface area (Å²) >= 11 is 1.18. The maximum atomic E-state index is 10.7. The van der Waals surface area contributed by atoms with Crippen LogP contribution >= 0.6 is 11.5 Å². The van der Waals surface area contributed by atoms with Gasteiger partial charge >= 0.3 is 5.97 Å². The molecule has 17 heavy (non-hydrogen) atoms. The number of aromatic nitrogens is 3. The third-order valence-corrected chi connectivity index (χ3v) is 2.64. The number of carboxylic acid groups (broad SMARTS) is 1. The SMILES string of the molecule is Cc1nsc(Nc2ncc(C(=O)O)cc2N)n1. The number of nitrogens with zero attached hydrogens (tertiary/aromatic N) is 3. The van der Waals surface area contributed by atoms with E-state index in [1.807, 2.05) is 0 Å². The van der Waals surface area contributed by atoms with Crippen LogP contribution in [0.5, 0.6) is 0 Å². The number of nitrogens with two attached hydrogens (primary N) is 1. The molecule has 0 saturated carbocycles. The minimum atomic E-state index is -1.07.